The van der Waals surface area contributed by atoms with Crippen LogP contribution in [0.15, 0.2) is 95.1 Å². The molecule has 0 bridgehead atoms. The third-order valence-electron chi connectivity index (χ3n) is 3.54. The molecule has 0 atom stereocenters. The van der Waals surface area contributed by atoms with Crippen molar-refractivity contribution in [3.8, 4) is 0 Å². The predicted octanol–water partition coefficient (Wildman–Crippen LogP) is 4.47. The van der Waals surface area contributed by atoms with Crippen molar-refractivity contribution in [1.82, 2.24) is 0 Å². The van der Waals surface area contributed by atoms with E-state index in [0.29, 0.717) is 5.56 Å². The van der Waals surface area contributed by atoms with E-state index in [4.69, 9.17) is 0 Å². The molecule has 3 rings (SSSR count). The molecule has 5 heteroatoms. The van der Waals surface area contributed by atoms with Gasteiger partial charge in [-0.1, -0.05) is 72.8 Å². The second-order valence-electron chi connectivity index (χ2n) is 5.28. The Labute approximate surface area is 145 Å². The quantitative estimate of drug-likeness (QED) is 0.394. The first kappa shape index (κ1) is 16.3. The molecule has 0 aliphatic rings. The third kappa shape index (κ3) is 4.23. The van der Waals surface area contributed by atoms with E-state index in [0.717, 1.165) is 16.8 Å². The van der Waals surface area contributed by atoms with Gasteiger partial charge in [0.1, 0.15) is 5.71 Å². The van der Waals surface area contributed by atoms with Crippen LogP contribution < -0.4 is 0 Å². The fourth-order valence-electron chi connectivity index (χ4n) is 2.35. The first-order valence-corrected chi connectivity index (χ1v) is 7.70. The number of nitrogens with zero attached hydrogens (tertiary/aromatic N) is 3. The first-order chi connectivity index (χ1) is 12.2. The minimum atomic E-state index is -0.431. The van der Waals surface area contributed by atoms with Gasteiger partial charge < -0.3 is 0 Å². The lowest BCUT2D eigenvalue weighted by Gasteiger charge is -2.05. The van der Waals surface area contributed by atoms with E-state index >= 15 is 0 Å². The van der Waals surface area contributed by atoms with E-state index in [-0.39, 0.29) is 5.69 Å². The summed E-state index contributed by atoms with van der Waals surface area (Å²) in [5.41, 5.74) is 3.29. The van der Waals surface area contributed by atoms with Gasteiger partial charge in [0.05, 0.1) is 11.1 Å². The molecule has 0 saturated carbocycles. The van der Waals surface area contributed by atoms with Crippen LogP contribution in [0.25, 0.3) is 0 Å². The van der Waals surface area contributed by atoms with Gasteiger partial charge in [0, 0.05) is 28.8 Å². The molecule has 0 N–H and O–H groups in total. The molecule has 0 amide bonds. The summed E-state index contributed by atoms with van der Waals surface area (Å²) in [5, 5.41) is 19.3. The molecule has 0 spiro atoms. The van der Waals surface area contributed by atoms with E-state index in [9.17, 15) is 10.1 Å². The van der Waals surface area contributed by atoms with Crippen LogP contribution in [0.4, 0.5) is 5.69 Å². The molecule has 0 fully saturated rings. The van der Waals surface area contributed by atoms with Gasteiger partial charge in [-0.2, -0.15) is 5.10 Å². The Hall–Kier alpha value is -3.60. The second kappa shape index (κ2) is 7.79. The van der Waals surface area contributed by atoms with Gasteiger partial charge in [-0.3, -0.25) is 10.1 Å². The van der Waals surface area contributed by atoms with Crippen molar-refractivity contribution in [2.24, 2.45) is 10.2 Å². The van der Waals surface area contributed by atoms with Crippen molar-refractivity contribution in [3.05, 3.63) is 112 Å². The van der Waals surface area contributed by atoms with E-state index in [1.807, 2.05) is 60.7 Å². The van der Waals surface area contributed by atoms with Crippen LogP contribution in [0, 0.1) is 10.1 Å². The molecule has 5 nitrogen and oxygen atoms in total. The standard InChI is InChI=1S/C20H15N3O2/c24-23(25)19-13-7-8-16(14-19)15-21-22-20(17-9-3-1-4-10-17)18-11-5-2-6-12-18/h1-15H/b21-15+. The van der Waals surface area contributed by atoms with Gasteiger partial charge in [-0.05, 0) is 0 Å². The minimum absolute atomic E-state index is 0.0271. The van der Waals surface area contributed by atoms with Crippen molar-refractivity contribution in [2.75, 3.05) is 0 Å². The van der Waals surface area contributed by atoms with Crippen LogP contribution in [0.5, 0.6) is 0 Å². The van der Waals surface area contributed by atoms with Gasteiger partial charge in [-0.15, -0.1) is 5.10 Å². The predicted molar refractivity (Wildman–Crippen MR) is 99.2 cm³/mol. The molecule has 0 aromatic heterocycles. The molecule has 0 heterocycles. The van der Waals surface area contributed by atoms with E-state index in [1.165, 1.54) is 18.3 Å². The number of hydrogen-bond donors (Lipinski definition) is 0. The fraction of sp³-hybridized carbons (Fsp3) is 0. The molecule has 122 valence electrons. The van der Waals surface area contributed by atoms with E-state index < -0.39 is 4.92 Å². The number of benzene rings is 3. The Bertz CT molecular complexity index is 878. The molecular formula is C20H15N3O2. The zero-order valence-corrected chi connectivity index (χ0v) is 13.3. The maximum absolute atomic E-state index is 10.8. The lowest BCUT2D eigenvalue weighted by molar-refractivity contribution is -0.384. The Balaban J connectivity index is 1.94. The molecule has 3 aromatic carbocycles. The minimum Gasteiger partial charge on any atom is -0.258 e. The van der Waals surface area contributed by atoms with Crippen molar-refractivity contribution in [3.63, 3.8) is 0 Å². The highest BCUT2D eigenvalue weighted by atomic mass is 16.6. The normalized spacial score (nSPS) is 10.6. The summed E-state index contributed by atoms with van der Waals surface area (Å²) >= 11 is 0. The average molecular weight is 329 g/mol. The Morgan fingerprint density at radius 1 is 0.840 bits per heavy atom. The molecular weight excluding hydrogens is 314 g/mol. The molecule has 0 radical (unpaired) electrons. The summed E-state index contributed by atoms with van der Waals surface area (Å²) in [6.07, 6.45) is 1.51. The van der Waals surface area contributed by atoms with Crippen LogP contribution in [0.1, 0.15) is 16.7 Å². The smallest absolute Gasteiger partial charge is 0.258 e. The van der Waals surface area contributed by atoms with Gasteiger partial charge >= 0.3 is 0 Å². The maximum Gasteiger partial charge on any atom is 0.270 e. The van der Waals surface area contributed by atoms with Crippen LogP contribution in [-0.2, 0) is 0 Å². The van der Waals surface area contributed by atoms with Crippen molar-refractivity contribution < 1.29 is 4.92 Å². The zero-order valence-electron chi connectivity index (χ0n) is 13.3. The van der Waals surface area contributed by atoms with Crippen LogP contribution in [0.2, 0.25) is 0 Å². The Morgan fingerprint density at radius 3 is 2.00 bits per heavy atom. The average Bonchev–Trinajstić information content (AvgIpc) is 2.67. The topological polar surface area (TPSA) is 67.9 Å². The van der Waals surface area contributed by atoms with Crippen molar-refractivity contribution in [2.45, 2.75) is 0 Å². The molecule has 25 heavy (non-hydrogen) atoms. The summed E-state index contributed by atoms with van der Waals surface area (Å²) < 4.78 is 0. The summed E-state index contributed by atoms with van der Waals surface area (Å²) in [5.74, 6) is 0. The number of non-ortho nitro benzene ring substituents is 1. The fourth-order valence-corrected chi connectivity index (χ4v) is 2.35. The highest BCUT2D eigenvalue weighted by molar-refractivity contribution is 6.12. The summed E-state index contributed by atoms with van der Waals surface area (Å²) in [7, 11) is 0. The number of hydrogen-bond acceptors (Lipinski definition) is 4. The number of nitro groups is 1. The lowest BCUT2D eigenvalue weighted by atomic mass is 10.0. The van der Waals surface area contributed by atoms with Gasteiger partial charge in [0.15, 0.2) is 0 Å². The highest BCUT2D eigenvalue weighted by Crippen LogP contribution is 2.13. The van der Waals surface area contributed by atoms with Crippen molar-refractivity contribution >= 4 is 17.6 Å². The Kier molecular flexibility index (Phi) is 5.07. The summed E-state index contributed by atoms with van der Waals surface area (Å²) in [6.45, 7) is 0. The van der Waals surface area contributed by atoms with E-state index in [1.54, 1.807) is 12.1 Å². The third-order valence-corrected chi connectivity index (χ3v) is 3.54. The molecule has 0 aliphatic carbocycles. The van der Waals surface area contributed by atoms with E-state index in [2.05, 4.69) is 10.2 Å². The van der Waals surface area contributed by atoms with Crippen LogP contribution in [-0.4, -0.2) is 16.8 Å². The molecule has 0 unspecified atom stereocenters. The van der Waals surface area contributed by atoms with Crippen molar-refractivity contribution in [1.29, 1.82) is 0 Å². The lowest BCUT2D eigenvalue weighted by Crippen LogP contribution is -2.02. The van der Waals surface area contributed by atoms with Gasteiger partial charge in [-0.25, -0.2) is 0 Å². The summed E-state index contributed by atoms with van der Waals surface area (Å²) in [6, 6.07) is 25.8. The molecule has 0 aliphatic heterocycles. The van der Waals surface area contributed by atoms with Crippen LogP contribution in [0.3, 0.4) is 0 Å². The van der Waals surface area contributed by atoms with Gasteiger partial charge in [0.2, 0.25) is 0 Å². The largest absolute Gasteiger partial charge is 0.270 e. The van der Waals surface area contributed by atoms with Crippen LogP contribution >= 0.6 is 0 Å². The zero-order chi connectivity index (χ0) is 17.5. The van der Waals surface area contributed by atoms with Gasteiger partial charge in [0.25, 0.3) is 5.69 Å². The monoisotopic (exact) mass is 329 g/mol. The second-order valence-corrected chi connectivity index (χ2v) is 5.28. The molecule has 3 aromatic rings. The molecule has 0 saturated heterocycles. The number of nitro benzene ring substituents is 1. The first-order valence-electron chi connectivity index (χ1n) is 7.70. The Morgan fingerprint density at radius 2 is 1.44 bits per heavy atom. The SMILES string of the molecule is O=[N+]([O-])c1cccc(/C=N/N=C(c2ccccc2)c2ccccc2)c1. The highest BCUT2D eigenvalue weighted by Gasteiger charge is 2.06. The summed E-state index contributed by atoms with van der Waals surface area (Å²) in [4.78, 5) is 10.4. The number of rotatable bonds is 5. The maximum atomic E-state index is 10.8.